The molecule has 1 aliphatic rings. The van der Waals surface area contributed by atoms with E-state index < -0.39 is 4.92 Å². The molecule has 1 aromatic carbocycles. The van der Waals surface area contributed by atoms with Crippen molar-refractivity contribution < 1.29 is 9.72 Å². The van der Waals surface area contributed by atoms with Crippen LogP contribution in [0, 0.1) is 16.0 Å². The maximum atomic E-state index is 12.1. The first-order valence-corrected chi connectivity index (χ1v) is 8.09. The summed E-state index contributed by atoms with van der Waals surface area (Å²) in [5.74, 6) is 2.67. The molecule has 0 atom stereocenters. The highest BCUT2D eigenvalue weighted by molar-refractivity contribution is 7.99. The van der Waals surface area contributed by atoms with Gasteiger partial charge in [0.15, 0.2) is 0 Å². The van der Waals surface area contributed by atoms with Crippen LogP contribution in [0.25, 0.3) is 0 Å². The van der Waals surface area contributed by atoms with Crippen LogP contribution >= 0.6 is 11.8 Å². The summed E-state index contributed by atoms with van der Waals surface area (Å²) < 4.78 is 0. The van der Waals surface area contributed by atoms with Crippen LogP contribution < -0.4 is 10.6 Å². The lowest BCUT2D eigenvalue weighted by atomic mass is 10.0. The van der Waals surface area contributed by atoms with Gasteiger partial charge in [0.25, 0.3) is 11.6 Å². The maximum Gasteiger partial charge on any atom is 0.292 e. The van der Waals surface area contributed by atoms with Crippen LogP contribution in [-0.2, 0) is 0 Å². The number of benzene rings is 1. The second-order valence-corrected chi connectivity index (χ2v) is 6.23. The van der Waals surface area contributed by atoms with E-state index in [2.05, 4.69) is 10.6 Å². The molecule has 1 aliphatic heterocycles. The predicted molar refractivity (Wildman–Crippen MR) is 85.0 cm³/mol. The van der Waals surface area contributed by atoms with Gasteiger partial charge >= 0.3 is 0 Å². The fourth-order valence-corrected chi connectivity index (χ4v) is 3.53. The van der Waals surface area contributed by atoms with Crippen molar-refractivity contribution in [3.63, 3.8) is 0 Å². The zero-order valence-electron chi connectivity index (χ0n) is 11.9. The highest BCUT2D eigenvalue weighted by Gasteiger charge is 2.18. The van der Waals surface area contributed by atoms with Crippen molar-refractivity contribution >= 4 is 29.0 Å². The first-order valence-electron chi connectivity index (χ1n) is 6.94. The Bertz CT molecular complexity index is 530. The minimum absolute atomic E-state index is 0.0293. The van der Waals surface area contributed by atoms with Crippen LogP contribution in [0.15, 0.2) is 18.2 Å². The fraction of sp³-hybridized carbons (Fsp3) is 0.500. The largest absolute Gasteiger partial charge is 0.383 e. The van der Waals surface area contributed by atoms with Gasteiger partial charge in [0, 0.05) is 25.2 Å². The van der Waals surface area contributed by atoms with Crippen molar-refractivity contribution in [2.75, 3.05) is 30.4 Å². The number of nitrogens with one attached hydrogen (secondary N) is 2. The van der Waals surface area contributed by atoms with Gasteiger partial charge in [0.1, 0.15) is 5.69 Å². The van der Waals surface area contributed by atoms with Gasteiger partial charge in [0.05, 0.1) is 4.92 Å². The molecule has 0 unspecified atom stereocenters. The van der Waals surface area contributed by atoms with Crippen LogP contribution in [-0.4, -0.2) is 35.9 Å². The average molecular weight is 309 g/mol. The molecule has 114 valence electrons. The third-order valence-corrected chi connectivity index (χ3v) is 4.67. The van der Waals surface area contributed by atoms with Crippen LogP contribution in [0.1, 0.15) is 23.2 Å². The van der Waals surface area contributed by atoms with E-state index in [1.807, 2.05) is 11.8 Å². The molecule has 0 spiro atoms. The number of nitro benzene ring substituents is 1. The summed E-state index contributed by atoms with van der Waals surface area (Å²) >= 11 is 1.95. The number of nitro groups is 1. The van der Waals surface area contributed by atoms with E-state index in [1.54, 1.807) is 7.05 Å². The Balaban J connectivity index is 2.00. The first-order chi connectivity index (χ1) is 10.1. The SMILES string of the molecule is CNc1cc(C(=O)NCC2CCSCC2)ccc1[N+](=O)[O-]. The molecule has 0 radical (unpaired) electrons. The van der Waals surface area contributed by atoms with Crippen LogP contribution in [0.4, 0.5) is 11.4 Å². The summed E-state index contributed by atoms with van der Waals surface area (Å²) in [5, 5.41) is 16.5. The molecule has 6 nitrogen and oxygen atoms in total. The van der Waals surface area contributed by atoms with E-state index in [0.717, 1.165) is 24.3 Å². The Kier molecular flexibility index (Phi) is 5.44. The Morgan fingerprint density at radius 3 is 2.76 bits per heavy atom. The molecule has 0 saturated carbocycles. The molecule has 0 bridgehead atoms. The van der Waals surface area contributed by atoms with Crippen LogP contribution in [0.3, 0.4) is 0 Å². The highest BCUT2D eigenvalue weighted by atomic mass is 32.2. The number of rotatable bonds is 5. The number of carbonyl (C=O) groups is 1. The lowest BCUT2D eigenvalue weighted by Crippen LogP contribution is -2.31. The van der Waals surface area contributed by atoms with Crippen molar-refractivity contribution in [3.05, 3.63) is 33.9 Å². The fourth-order valence-electron chi connectivity index (χ4n) is 2.33. The zero-order chi connectivity index (χ0) is 15.2. The smallest absolute Gasteiger partial charge is 0.292 e. The van der Waals surface area contributed by atoms with Crippen molar-refractivity contribution in [2.45, 2.75) is 12.8 Å². The summed E-state index contributed by atoms with van der Waals surface area (Å²) in [4.78, 5) is 22.5. The van der Waals surface area contributed by atoms with Gasteiger partial charge in [0.2, 0.25) is 0 Å². The normalized spacial score (nSPS) is 15.5. The Hall–Kier alpha value is -1.76. The molecule has 1 amide bonds. The standard InChI is InChI=1S/C14H19N3O3S/c1-15-12-8-11(2-3-13(12)17(19)20)14(18)16-9-10-4-6-21-7-5-10/h2-3,8,10,15H,4-7,9H2,1H3,(H,16,18). The second-order valence-electron chi connectivity index (χ2n) is 5.00. The Labute approximate surface area is 127 Å². The molecule has 1 heterocycles. The average Bonchev–Trinajstić information content (AvgIpc) is 2.52. The van der Waals surface area contributed by atoms with E-state index in [9.17, 15) is 14.9 Å². The summed E-state index contributed by atoms with van der Waals surface area (Å²) in [7, 11) is 1.60. The molecule has 2 rings (SSSR count). The lowest BCUT2D eigenvalue weighted by Gasteiger charge is -2.21. The van der Waals surface area contributed by atoms with Gasteiger partial charge in [-0.05, 0) is 42.4 Å². The Morgan fingerprint density at radius 2 is 2.14 bits per heavy atom. The van der Waals surface area contributed by atoms with Gasteiger partial charge in [-0.15, -0.1) is 0 Å². The summed E-state index contributed by atoms with van der Waals surface area (Å²) in [6.45, 7) is 0.672. The molecule has 0 aliphatic carbocycles. The number of hydrogen-bond acceptors (Lipinski definition) is 5. The number of nitrogens with zero attached hydrogens (tertiary/aromatic N) is 1. The molecular formula is C14H19N3O3S. The number of amides is 1. The van der Waals surface area contributed by atoms with Crippen molar-refractivity contribution in [3.8, 4) is 0 Å². The van der Waals surface area contributed by atoms with Crippen molar-refractivity contribution in [1.82, 2.24) is 5.32 Å². The molecule has 1 saturated heterocycles. The van der Waals surface area contributed by atoms with E-state index in [1.165, 1.54) is 18.2 Å². The van der Waals surface area contributed by atoms with Crippen LogP contribution in [0.2, 0.25) is 0 Å². The second kappa shape index (κ2) is 7.31. The highest BCUT2D eigenvalue weighted by Crippen LogP contribution is 2.25. The zero-order valence-corrected chi connectivity index (χ0v) is 12.7. The molecule has 1 aromatic rings. The summed E-state index contributed by atoms with van der Waals surface area (Å²) in [5.41, 5.74) is 0.759. The minimum atomic E-state index is -0.465. The van der Waals surface area contributed by atoms with Gasteiger partial charge in [-0.25, -0.2) is 0 Å². The molecule has 1 fully saturated rings. The van der Waals surface area contributed by atoms with E-state index >= 15 is 0 Å². The Morgan fingerprint density at radius 1 is 1.43 bits per heavy atom. The van der Waals surface area contributed by atoms with Gasteiger partial charge in [-0.2, -0.15) is 11.8 Å². The monoisotopic (exact) mass is 309 g/mol. The van der Waals surface area contributed by atoms with Gasteiger partial charge in [-0.1, -0.05) is 0 Å². The number of thioether (sulfide) groups is 1. The summed E-state index contributed by atoms with van der Waals surface area (Å²) in [6, 6.07) is 4.37. The van der Waals surface area contributed by atoms with E-state index in [0.29, 0.717) is 23.7 Å². The molecule has 7 heteroatoms. The number of carbonyl (C=O) groups excluding carboxylic acids is 1. The number of hydrogen-bond donors (Lipinski definition) is 2. The lowest BCUT2D eigenvalue weighted by molar-refractivity contribution is -0.383. The minimum Gasteiger partial charge on any atom is -0.383 e. The number of anilines is 1. The molecular weight excluding hydrogens is 290 g/mol. The first kappa shape index (κ1) is 15.6. The molecule has 21 heavy (non-hydrogen) atoms. The topological polar surface area (TPSA) is 84.3 Å². The van der Waals surface area contributed by atoms with Crippen molar-refractivity contribution in [2.24, 2.45) is 5.92 Å². The van der Waals surface area contributed by atoms with Gasteiger partial charge in [-0.3, -0.25) is 14.9 Å². The molecule has 2 N–H and O–H groups in total. The predicted octanol–water partition coefficient (Wildman–Crippen LogP) is 2.51. The third-order valence-electron chi connectivity index (χ3n) is 3.62. The van der Waals surface area contributed by atoms with Crippen LogP contribution in [0.5, 0.6) is 0 Å². The van der Waals surface area contributed by atoms with Gasteiger partial charge < -0.3 is 10.6 Å². The molecule has 0 aromatic heterocycles. The summed E-state index contributed by atoms with van der Waals surface area (Å²) in [6.07, 6.45) is 2.26. The quantitative estimate of drug-likeness (QED) is 0.645. The third kappa shape index (κ3) is 4.10. The maximum absolute atomic E-state index is 12.1. The van der Waals surface area contributed by atoms with Crippen molar-refractivity contribution in [1.29, 1.82) is 0 Å². The van der Waals surface area contributed by atoms with E-state index in [-0.39, 0.29) is 11.6 Å². The van der Waals surface area contributed by atoms with E-state index in [4.69, 9.17) is 0 Å².